The number of non-ortho nitro benzene ring substituents is 1. The van der Waals surface area contributed by atoms with Gasteiger partial charge in [0.2, 0.25) is 5.91 Å². The maximum atomic E-state index is 11.7. The molecule has 0 saturated heterocycles. The lowest BCUT2D eigenvalue weighted by molar-refractivity contribution is -0.384. The lowest BCUT2D eigenvalue weighted by Crippen LogP contribution is -2.47. The van der Waals surface area contributed by atoms with E-state index in [9.17, 15) is 24.5 Å². The van der Waals surface area contributed by atoms with Gasteiger partial charge in [-0.3, -0.25) is 14.9 Å². The van der Waals surface area contributed by atoms with Gasteiger partial charge in [-0.1, -0.05) is 12.1 Å². The van der Waals surface area contributed by atoms with E-state index in [2.05, 4.69) is 10.6 Å². The van der Waals surface area contributed by atoms with Crippen molar-refractivity contribution >= 4 is 23.6 Å². The van der Waals surface area contributed by atoms with E-state index < -0.39 is 28.9 Å². The normalized spacial score (nSPS) is 11.2. The number of aliphatic carboxylic acids is 1. The van der Waals surface area contributed by atoms with Gasteiger partial charge in [-0.05, 0) is 12.5 Å². The molecule has 10 heteroatoms. The number of nitrogens with zero attached hydrogens (tertiary/aromatic N) is 2. The Kier molecular flexibility index (Phi) is 6.65. The summed E-state index contributed by atoms with van der Waals surface area (Å²) < 4.78 is 0. The number of benzene rings is 1. The van der Waals surface area contributed by atoms with Crippen LogP contribution in [0.1, 0.15) is 12.5 Å². The van der Waals surface area contributed by atoms with Crippen LogP contribution in [0.5, 0.6) is 0 Å². The summed E-state index contributed by atoms with van der Waals surface area (Å²) in [6, 6.07) is 4.04. The van der Waals surface area contributed by atoms with Crippen molar-refractivity contribution < 1.29 is 24.4 Å². The highest BCUT2D eigenvalue weighted by atomic mass is 16.6. The number of hydrogen-bond donors (Lipinski definition) is 3. The first-order valence-electron chi connectivity index (χ1n) is 6.96. The monoisotopic (exact) mass is 338 g/mol. The fourth-order valence-corrected chi connectivity index (χ4v) is 1.64. The SMILES string of the molecule is CC(C(=O)O)N(C)C(=O)CNC(=O)NCc1ccc([N+](=O)[O-])cc1. The molecular formula is C14H18N4O6. The van der Waals surface area contributed by atoms with E-state index in [1.807, 2.05) is 0 Å². The van der Waals surface area contributed by atoms with Gasteiger partial charge < -0.3 is 20.6 Å². The minimum Gasteiger partial charge on any atom is -0.480 e. The molecule has 3 amide bonds. The quantitative estimate of drug-likeness (QED) is 0.483. The first-order chi connectivity index (χ1) is 11.2. The van der Waals surface area contributed by atoms with Gasteiger partial charge in [-0.15, -0.1) is 0 Å². The average Bonchev–Trinajstić information content (AvgIpc) is 2.56. The second-order valence-corrected chi connectivity index (χ2v) is 4.98. The number of carboxylic acids is 1. The van der Waals surface area contributed by atoms with E-state index in [0.717, 1.165) is 4.90 Å². The van der Waals surface area contributed by atoms with E-state index in [1.54, 1.807) is 0 Å². The van der Waals surface area contributed by atoms with Gasteiger partial charge in [0.25, 0.3) is 5.69 Å². The maximum absolute atomic E-state index is 11.7. The largest absolute Gasteiger partial charge is 0.480 e. The molecule has 0 spiro atoms. The molecule has 0 fully saturated rings. The molecule has 0 radical (unpaired) electrons. The number of rotatable bonds is 7. The Morgan fingerprint density at radius 3 is 2.33 bits per heavy atom. The molecule has 1 unspecified atom stereocenters. The number of likely N-dealkylation sites (N-methyl/N-ethyl adjacent to an activating group) is 1. The summed E-state index contributed by atoms with van der Waals surface area (Å²) in [4.78, 5) is 45.1. The zero-order valence-electron chi connectivity index (χ0n) is 13.2. The summed E-state index contributed by atoms with van der Waals surface area (Å²) in [5.74, 6) is -1.69. The molecule has 1 atom stereocenters. The number of amides is 3. The van der Waals surface area contributed by atoms with E-state index in [1.165, 1.54) is 38.2 Å². The lowest BCUT2D eigenvalue weighted by Gasteiger charge is -2.21. The van der Waals surface area contributed by atoms with Crippen molar-refractivity contribution in [3.8, 4) is 0 Å². The molecule has 0 aliphatic carbocycles. The van der Waals surface area contributed by atoms with Crippen LogP contribution in [0.4, 0.5) is 10.5 Å². The van der Waals surface area contributed by atoms with Crippen molar-refractivity contribution in [3.63, 3.8) is 0 Å². The lowest BCUT2D eigenvalue weighted by atomic mass is 10.2. The van der Waals surface area contributed by atoms with Crippen LogP contribution in [0.2, 0.25) is 0 Å². The van der Waals surface area contributed by atoms with E-state index >= 15 is 0 Å². The molecule has 0 aliphatic rings. The van der Waals surface area contributed by atoms with Crippen molar-refractivity contribution in [3.05, 3.63) is 39.9 Å². The third kappa shape index (κ3) is 5.55. The summed E-state index contributed by atoms with van der Waals surface area (Å²) in [7, 11) is 1.33. The maximum Gasteiger partial charge on any atom is 0.326 e. The van der Waals surface area contributed by atoms with Crippen molar-refractivity contribution in [2.75, 3.05) is 13.6 Å². The van der Waals surface area contributed by atoms with Crippen LogP contribution in [0.25, 0.3) is 0 Å². The second kappa shape index (κ2) is 8.46. The summed E-state index contributed by atoms with van der Waals surface area (Å²) in [6.45, 7) is 1.13. The van der Waals surface area contributed by atoms with E-state index in [4.69, 9.17) is 5.11 Å². The minimum atomic E-state index is -1.14. The molecule has 130 valence electrons. The Hall–Kier alpha value is -3.17. The zero-order chi connectivity index (χ0) is 18.3. The standard InChI is InChI=1S/C14H18N4O6/c1-9(13(20)21)17(2)12(19)8-16-14(22)15-7-10-3-5-11(6-4-10)18(23)24/h3-6,9H,7-8H2,1-2H3,(H,20,21)(H2,15,16,22). The van der Waals surface area contributed by atoms with Crippen LogP contribution in [-0.2, 0) is 16.1 Å². The van der Waals surface area contributed by atoms with Crippen LogP contribution < -0.4 is 10.6 Å². The number of nitro groups is 1. The molecule has 0 saturated carbocycles. The molecule has 0 heterocycles. The number of carboxylic acid groups (broad SMARTS) is 1. The highest BCUT2D eigenvalue weighted by Crippen LogP contribution is 2.11. The first-order valence-corrected chi connectivity index (χ1v) is 6.96. The molecule has 1 rings (SSSR count). The average molecular weight is 338 g/mol. The summed E-state index contributed by atoms with van der Waals surface area (Å²) >= 11 is 0. The predicted octanol–water partition coefficient (Wildman–Crippen LogP) is 0.326. The Bertz CT molecular complexity index is 631. The minimum absolute atomic E-state index is 0.0515. The van der Waals surface area contributed by atoms with Crippen molar-refractivity contribution in [1.29, 1.82) is 0 Å². The molecule has 1 aromatic rings. The molecule has 1 aromatic carbocycles. The topological polar surface area (TPSA) is 142 Å². The summed E-state index contributed by atoms with van der Waals surface area (Å²) in [5.41, 5.74) is 0.600. The summed E-state index contributed by atoms with van der Waals surface area (Å²) in [5, 5.41) is 24.1. The number of carbonyl (C=O) groups excluding carboxylic acids is 2. The Morgan fingerprint density at radius 1 is 1.25 bits per heavy atom. The van der Waals surface area contributed by atoms with Crippen molar-refractivity contribution in [2.24, 2.45) is 0 Å². The first kappa shape index (κ1) is 18.9. The van der Waals surface area contributed by atoms with Gasteiger partial charge in [0.15, 0.2) is 0 Å². The molecule has 0 aliphatic heterocycles. The third-order valence-electron chi connectivity index (χ3n) is 3.33. The number of urea groups is 1. The van der Waals surface area contributed by atoms with E-state index in [0.29, 0.717) is 5.56 Å². The van der Waals surface area contributed by atoms with Gasteiger partial charge in [0, 0.05) is 25.7 Å². The van der Waals surface area contributed by atoms with Crippen LogP contribution >= 0.6 is 0 Å². The van der Waals surface area contributed by atoms with Gasteiger partial charge >= 0.3 is 12.0 Å². The molecule has 3 N–H and O–H groups in total. The Morgan fingerprint density at radius 2 is 1.83 bits per heavy atom. The van der Waals surface area contributed by atoms with Gasteiger partial charge in [-0.2, -0.15) is 0 Å². The van der Waals surface area contributed by atoms with Gasteiger partial charge in [0.1, 0.15) is 6.04 Å². The molecule has 0 bridgehead atoms. The van der Waals surface area contributed by atoms with Gasteiger partial charge in [-0.25, -0.2) is 9.59 Å². The number of hydrogen-bond acceptors (Lipinski definition) is 5. The van der Waals surface area contributed by atoms with E-state index in [-0.39, 0.29) is 18.8 Å². The zero-order valence-corrected chi connectivity index (χ0v) is 13.2. The molecule has 0 aromatic heterocycles. The summed E-state index contributed by atoms with van der Waals surface area (Å²) in [6.07, 6.45) is 0. The molecule has 10 nitrogen and oxygen atoms in total. The van der Waals surface area contributed by atoms with Crippen LogP contribution in [0.15, 0.2) is 24.3 Å². The van der Waals surface area contributed by atoms with Crippen molar-refractivity contribution in [2.45, 2.75) is 19.5 Å². The van der Waals surface area contributed by atoms with Crippen LogP contribution in [0.3, 0.4) is 0 Å². The number of nitro benzene ring substituents is 1. The van der Waals surface area contributed by atoms with Crippen LogP contribution in [0, 0.1) is 10.1 Å². The van der Waals surface area contributed by atoms with Crippen LogP contribution in [-0.4, -0.2) is 52.5 Å². The second-order valence-electron chi connectivity index (χ2n) is 4.98. The fraction of sp³-hybridized carbons (Fsp3) is 0.357. The Balaban J connectivity index is 2.40. The molecule has 24 heavy (non-hydrogen) atoms. The Labute approximate surface area is 137 Å². The highest BCUT2D eigenvalue weighted by molar-refractivity contribution is 5.87. The molecular weight excluding hydrogens is 320 g/mol. The smallest absolute Gasteiger partial charge is 0.326 e. The number of nitrogens with one attached hydrogen (secondary N) is 2. The van der Waals surface area contributed by atoms with Gasteiger partial charge in [0.05, 0.1) is 11.5 Å². The third-order valence-corrected chi connectivity index (χ3v) is 3.33. The van der Waals surface area contributed by atoms with Crippen molar-refractivity contribution in [1.82, 2.24) is 15.5 Å². The number of carbonyl (C=O) groups is 3. The predicted molar refractivity (Wildman–Crippen MR) is 83.2 cm³/mol. The highest BCUT2D eigenvalue weighted by Gasteiger charge is 2.21. The fourth-order valence-electron chi connectivity index (χ4n) is 1.64.